The van der Waals surface area contributed by atoms with Crippen LogP contribution in [-0.2, 0) is 13.6 Å². The lowest BCUT2D eigenvalue weighted by molar-refractivity contribution is 0.596. The Balaban J connectivity index is 2.03. The maximum atomic E-state index is 4.18. The van der Waals surface area contributed by atoms with Gasteiger partial charge in [-0.1, -0.05) is 6.92 Å². The van der Waals surface area contributed by atoms with E-state index in [1.807, 2.05) is 24.1 Å². The molecule has 2 heterocycles. The molecule has 1 atom stereocenters. The summed E-state index contributed by atoms with van der Waals surface area (Å²) >= 11 is 0. The molecule has 0 radical (unpaired) electrons. The molecule has 4 nitrogen and oxygen atoms in total. The Morgan fingerprint density at radius 3 is 2.88 bits per heavy atom. The minimum atomic E-state index is 0.412. The highest BCUT2D eigenvalue weighted by Gasteiger charge is 2.05. The third-order valence-corrected chi connectivity index (χ3v) is 2.91. The first-order valence-electron chi connectivity index (χ1n) is 6.05. The van der Waals surface area contributed by atoms with Crippen molar-refractivity contribution in [3.8, 4) is 0 Å². The quantitative estimate of drug-likeness (QED) is 0.855. The second-order valence-corrected chi connectivity index (χ2v) is 4.42. The Hall–Kier alpha value is -1.55. The van der Waals surface area contributed by atoms with Crippen molar-refractivity contribution in [2.75, 3.05) is 6.54 Å². The van der Waals surface area contributed by atoms with Crippen molar-refractivity contribution in [2.24, 2.45) is 7.05 Å². The zero-order valence-corrected chi connectivity index (χ0v) is 10.7. The molecule has 0 aliphatic heterocycles. The van der Waals surface area contributed by atoms with Crippen LogP contribution < -0.4 is 5.32 Å². The third-order valence-electron chi connectivity index (χ3n) is 2.91. The molecule has 2 rings (SSSR count). The summed E-state index contributed by atoms with van der Waals surface area (Å²) in [6.45, 7) is 6.19. The number of aryl methyl sites for hydroxylation is 1. The summed E-state index contributed by atoms with van der Waals surface area (Å²) in [6.07, 6.45) is 8.28. The first-order chi connectivity index (χ1) is 8.19. The second kappa shape index (κ2) is 5.19. The highest BCUT2D eigenvalue weighted by Crippen LogP contribution is 2.13. The first-order valence-corrected chi connectivity index (χ1v) is 6.05. The Kier molecular flexibility index (Phi) is 3.64. The minimum absolute atomic E-state index is 0.412. The standard InChI is InChI=1S/C13H20N4/c1-4-14-11(2)13-5-6-17(10-13)9-12-7-15-16(3)8-12/h5-8,10-11,14H,4,9H2,1-3H3. The van der Waals surface area contributed by atoms with E-state index < -0.39 is 0 Å². The summed E-state index contributed by atoms with van der Waals surface area (Å²) < 4.78 is 4.03. The van der Waals surface area contributed by atoms with Crippen LogP contribution in [0.25, 0.3) is 0 Å². The Morgan fingerprint density at radius 2 is 2.24 bits per heavy atom. The van der Waals surface area contributed by atoms with E-state index in [-0.39, 0.29) is 0 Å². The van der Waals surface area contributed by atoms with Gasteiger partial charge in [0.05, 0.1) is 12.7 Å². The summed E-state index contributed by atoms with van der Waals surface area (Å²) in [5.41, 5.74) is 2.56. The van der Waals surface area contributed by atoms with Crippen LogP contribution in [0.15, 0.2) is 30.9 Å². The predicted octanol–water partition coefficient (Wildman–Crippen LogP) is 1.94. The maximum Gasteiger partial charge on any atom is 0.0539 e. The molecule has 0 aliphatic rings. The summed E-state index contributed by atoms with van der Waals surface area (Å²) in [7, 11) is 1.94. The van der Waals surface area contributed by atoms with E-state index >= 15 is 0 Å². The SMILES string of the molecule is CCNC(C)c1ccn(Cc2cnn(C)c2)c1. The zero-order chi connectivity index (χ0) is 12.3. The molecule has 2 aromatic heterocycles. The van der Waals surface area contributed by atoms with Crippen molar-refractivity contribution in [3.63, 3.8) is 0 Å². The van der Waals surface area contributed by atoms with Gasteiger partial charge in [-0.05, 0) is 25.1 Å². The molecule has 0 aromatic carbocycles. The minimum Gasteiger partial charge on any atom is -0.349 e. The second-order valence-electron chi connectivity index (χ2n) is 4.42. The molecule has 0 bridgehead atoms. The van der Waals surface area contributed by atoms with Crippen LogP contribution in [0.1, 0.15) is 31.0 Å². The van der Waals surface area contributed by atoms with Gasteiger partial charge in [0.25, 0.3) is 0 Å². The van der Waals surface area contributed by atoms with Gasteiger partial charge >= 0.3 is 0 Å². The largest absolute Gasteiger partial charge is 0.349 e. The van der Waals surface area contributed by atoms with Crippen molar-refractivity contribution in [2.45, 2.75) is 26.4 Å². The fraction of sp³-hybridized carbons (Fsp3) is 0.462. The van der Waals surface area contributed by atoms with E-state index in [1.54, 1.807) is 0 Å². The highest BCUT2D eigenvalue weighted by molar-refractivity contribution is 5.16. The normalized spacial score (nSPS) is 12.9. The summed E-state index contributed by atoms with van der Waals surface area (Å²) in [5, 5.41) is 7.59. The van der Waals surface area contributed by atoms with Gasteiger partial charge < -0.3 is 9.88 Å². The molecule has 0 spiro atoms. The first kappa shape index (κ1) is 11.9. The fourth-order valence-corrected chi connectivity index (χ4v) is 2.00. The maximum absolute atomic E-state index is 4.18. The van der Waals surface area contributed by atoms with Gasteiger partial charge in [-0.25, -0.2) is 0 Å². The molecular weight excluding hydrogens is 212 g/mol. The van der Waals surface area contributed by atoms with E-state index in [4.69, 9.17) is 0 Å². The predicted molar refractivity (Wildman–Crippen MR) is 68.8 cm³/mol. The number of hydrogen-bond acceptors (Lipinski definition) is 2. The number of rotatable bonds is 5. The number of hydrogen-bond donors (Lipinski definition) is 1. The number of nitrogens with one attached hydrogen (secondary N) is 1. The molecule has 0 amide bonds. The Morgan fingerprint density at radius 1 is 1.41 bits per heavy atom. The average Bonchev–Trinajstić information content (AvgIpc) is 2.89. The van der Waals surface area contributed by atoms with Crippen LogP contribution >= 0.6 is 0 Å². The van der Waals surface area contributed by atoms with E-state index in [9.17, 15) is 0 Å². The molecule has 0 aliphatic carbocycles. The van der Waals surface area contributed by atoms with E-state index in [0.29, 0.717) is 6.04 Å². The van der Waals surface area contributed by atoms with Crippen molar-refractivity contribution in [1.29, 1.82) is 0 Å². The molecule has 1 unspecified atom stereocenters. The fourth-order valence-electron chi connectivity index (χ4n) is 2.00. The molecule has 1 N–H and O–H groups in total. The van der Waals surface area contributed by atoms with Crippen molar-refractivity contribution in [3.05, 3.63) is 42.0 Å². The summed E-state index contributed by atoms with van der Waals surface area (Å²) in [6, 6.07) is 2.58. The Labute approximate surface area is 102 Å². The number of aromatic nitrogens is 3. The van der Waals surface area contributed by atoms with Gasteiger partial charge in [-0.15, -0.1) is 0 Å². The van der Waals surface area contributed by atoms with Crippen molar-refractivity contribution < 1.29 is 0 Å². The molecule has 17 heavy (non-hydrogen) atoms. The van der Waals surface area contributed by atoms with Crippen LogP contribution in [0.5, 0.6) is 0 Å². The van der Waals surface area contributed by atoms with Crippen molar-refractivity contribution in [1.82, 2.24) is 19.7 Å². The van der Waals surface area contributed by atoms with Gasteiger partial charge in [0.15, 0.2) is 0 Å². The third kappa shape index (κ3) is 2.97. The lowest BCUT2D eigenvalue weighted by Gasteiger charge is -2.09. The van der Waals surface area contributed by atoms with Crippen LogP contribution in [0.4, 0.5) is 0 Å². The molecule has 92 valence electrons. The number of nitrogens with zero attached hydrogens (tertiary/aromatic N) is 3. The van der Waals surface area contributed by atoms with Gasteiger partial charge in [0.2, 0.25) is 0 Å². The smallest absolute Gasteiger partial charge is 0.0539 e. The monoisotopic (exact) mass is 232 g/mol. The molecular formula is C13H20N4. The summed E-state index contributed by atoms with van der Waals surface area (Å²) in [4.78, 5) is 0. The van der Waals surface area contributed by atoms with Crippen LogP contribution in [-0.4, -0.2) is 20.9 Å². The van der Waals surface area contributed by atoms with E-state index in [1.165, 1.54) is 11.1 Å². The molecule has 0 saturated carbocycles. The highest BCUT2D eigenvalue weighted by atomic mass is 15.2. The molecule has 2 aromatic rings. The zero-order valence-electron chi connectivity index (χ0n) is 10.7. The Bertz CT molecular complexity index is 469. The van der Waals surface area contributed by atoms with Crippen LogP contribution in [0, 0.1) is 0 Å². The van der Waals surface area contributed by atoms with E-state index in [2.05, 4.69) is 47.3 Å². The molecule has 4 heteroatoms. The lowest BCUT2D eigenvalue weighted by atomic mass is 10.2. The van der Waals surface area contributed by atoms with Gasteiger partial charge in [-0.2, -0.15) is 5.10 Å². The molecule has 0 fully saturated rings. The van der Waals surface area contributed by atoms with Crippen molar-refractivity contribution >= 4 is 0 Å². The van der Waals surface area contributed by atoms with Crippen LogP contribution in [0.2, 0.25) is 0 Å². The van der Waals surface area contributed by atoms with Gasteiger partial charge in [0.1, 0.15) is 0 Å². The molecule has 0 saturated heterocycles. The van der Waals surface area contributed by atoms with Gasteiger partial charge in [0, 0.05) is 37.2 Å². The summed E-state index contributed by atoms with van der Waals surface area (Å²) in [5.74, 6) is 0. The average molecular weight is 232 g/mol. The van der Waals surface area contributed by atoms with Gasteiger partial charge in [-0.3, -0.25) is 4.68 Å². The van der Waals surface area contributed by atoms with Crippen LogP contribution in [0.3, 0.4) is 0 Å². The topological polar surface area (TPSA) is 34.8 Å². The van der Waals surface area contributed by atoms with E-state index in [0.717, 1.165) is 13.1 Å². The lowest BCUT2D eigenvalue weighted by Crippen LogP contribution is -2.17.